The molecule has 1 atom stereocenters. The normalized spacial score (nSPS) is 12.1. The van der Waals surface area contributed by atoms with Crippen molar-refractivity contribution in [3.05, 3.63) is 35.9 Å². The molecule has 1 unspecified atom stereocenters. The molecule has 0 aliphatic rings. The maximum Gasteiger partial charge on any atom is 0.103 e. The van der Waals surface area contributed by atoms with E-state index in [-0.39, 0.29) is 30.1 Å². The topological polar surface area (TPSA) is 21.6 Å². The van der Waals surface area contributed by atoms with Crippen LogP contribution in [-0.4, -0.2) is 49.0 Å². The summed E-state index contributed by atoms with van der Waals surface area (Å²) in [6, 6.07) is 10.2. The molecule has 0 amide bonds. The zero-order valence-electron chi connectivity index (χ0n) is 13.8. The van der Waals surface area contributed by atoms with Crippen molar-refractivity contribution in [2.24, 2.45) is 4.99 Å². The van der Waals surface area contributed by atoms with Crippen molar-refractivity contribution >= 4 is 17.4 Å². The minimum Gasteiger partial charge on any atom is -1.00 e. The fourth-order valence-corrected chi connectivity index (χ4v) is 2.65. The Morgan fingerprint density at radius 3 is 2.23 bits per heavy atom. The molecule has 0 fully saturated rings. The molecule has 124 valence electrons. The van der Waals surface area contributed by atoms with Gasteiger partial charge in [-0.05, 0) is 38.6 Å². The van der Waals surface area contributed by atoms with Crippen molar-refractivity contribution < 1.29 is 33.2 Å². The molecule has 0 aromatic heterocycles. The van der Waals surface area contributed by atoms with Crippen LogP contribution < -0.4 is 24.0 Å². The first-order valence-corrected chi connectivity index (χ1v) is 8.17. The number of halogens is 1. The zero-order chi connectivity index (χ0) is 15.6. The number of ether oxygens (including phenoxy) is 1. The number of likely N-dealkylation sites (N-methyl/N-ethyl adjacent to an activating group) is 1. The second-order valence-corrected chi connectivity index (χ2v) is 5.40. The van der Waals surface area contributed by atoms with Gasteiger partial charge in [-0.15, -0.1) is 0 Å². The molecule has 5 heteroatoms. The number of benzene rings is 1. The summed E-state index contributed by atoms with van der Waals surface area (Å²) < 4.78 is 7.19. The molecule has 1 aromatic rings. The largest absolute Gasteiger partial charge is 1.00 e. The summed E-state index contributed by atoms with van der Waals surface area (Å²) in [6.45, 7) is 12.5. The number of isothiocyanates is 1. The smallest absolute Gasteiger partial charge is 0.103 e. The van der Waals surface area contributed by atoms with E-state index in [9.17, 15) is 0 Å². The quantitative estimate of drug-likeness (QED) is 0.235. The first kappa shape index (κ1) is 21.7. The van der Waals surface area contributed by atoms with Gasteiger partial charge in [0.25, 0.3) is 0 Å². The van der Waals surface area contributed by atoms with Crippen LogP contribution in [0, 0.1) is 0 Å². The maximum absolute atomic E-state index is 6.10. The summed E-state index contributed by atoms with van der Waals surface area (Å²) in [5.41, 5.74) is 1.15. The van der Waals surface area contributed by atoms with Crippen LogP contribution in [0.2, 0.25) is 0 Å². The molecule has 1 aromatic carbocycles. The predicted octanol–water partition coefficient (Wildman–Crippen LogP) is 0.728. The Morgan fingerprint density at radius 2 is 1.73 bits per heavy atom. The van der Waals surface area contributed by atoms with E-state index in [1.165, 1.54) is 0 Å². The molecule has 1 rings (SSSR count). The third-order valence-electron chi connectivity index (χ3n) is 4.39. The van der Waals surface area contributed by atoms with E-state index in [2.05, 4.69) is 55.3 Å². The lowest BCUT2D eigenvalue weighted by Crippen LogP contribution is -3.00. The Morgan fingerprint density at radius 1 is 1.14 bits per heavy atom. The van der Waals surface area contributed by atoms with Gasteiger partial charge >= 0.3 is 0 Å². The van der Waals surface area contributed by atoms with Gasteiger partial charge in [-0.2, -0.15) is 0 Å². The number of thiocarbonyl (C=S) groups is 1. The Labute approximate surface area is 157 Å². The molecule has 3 nitrogen and oxygen atoms in total. The molecular formula is C17H27IN2OS. The molecule has 0 spiro atoms. The lowest BCUT2D eigenvalue weighted by molar-refractivity contribution is -0.923. The highest BCUT2D eigenvalue weighted by atomic mass is 127. The Balaban J connectivity index is 0.00000441. The molecule has 0 heterocycles. The van der Waals surface area contributed by atoms with Crippen molar-refractivity contribution in [3.63, 3.8) is 0 Å². The first-order chi connectivity index (χ1) is 10.2. The van der Waals surface area contributed by atoms with Gasteiger partial charge < -0.3 is 33.2 Å². The van der Waals surface area contributed by atoms with Gasteiger partial charge in [0, 0.05) is 0 Å². The average Bonchev–Trinajstić information content (AvgIpc) is 2.56. The predicted molar refractivity (Wildman–Crippen MR) is 91.8 cm³/mol. The van der Waals surface area contributed by atoms with Gasteiger partial charge in [-0.1, -0.05) is 30.3 Å². The monoisotopic (exact) mass is 434 g/mol. The number of rotatable bonds is 10. The van der Waals surface area contributed by atoms with Crippen LogP contribution in [-0.2, 0) is 4.74 Å². The summed E-state index contributed by atoms with van der Waals surface area (Å²) in [6.07, 6.45) is -0.0332. The van der Waals surface area contributed by atoms with E-state index in [4.69, 9.17) is 4.74 Å². The minimum atomic E-state index is -0.0332. The van der Waals surface area contributed by atoms with Crippen LogP contribution in [0.4, 0.5) is 0 Å². The zero-order valence-corrected chi connectivity index (χ0v) is 16.8. The number of hydrogen-bond acceptors (Lipinski definition) is 3. The van der Waals surface area contributed by atoms with E-state index in [1.54, 1.807) is 0 Å². The average molecular weight is 434 g/mol. The number of quaternary nitrogens is 1. The summed E-state index contributed by atoms with van der Waals surface area (Å²) in [5, 5.41) is 2.43. The van der Waals surface area contributed by atoms with Gasteiger partial charge in [-0.25, -0.2) is 4.99 Å². The van der Waals surface area contributed by atoms with E-state index < -0.39 is 0 Å². The number of aliphatic imine (C=N–C) groups is 1. The second kappa shape index (κ2) is 12.1. The minimum absolute atomic E-state index is 0. The molecule has 0 aliphatic heterocycles. The van der Waals surface area contributed by atoms with E-state index in [0.717, 1.165) is 42.8 Å². The lowest BCUT2D eigenvalue weighted by Gasteiger charge is -2.36. The van der Waals surface area contributed by atoms with Crippen molar-refractivity contribution in [3.8, 4) is 0 Å². The third-order valence-corrected chi connectivity index (χ3v) is 4.52. The van der Waals surface area contributed by atoms with Crippen LogP contribution in [0.3, 0.4) is 0 Å². The Kier molecular flexibility index (Phi) is 12.0. The van der Waals surface area contributed by atoms with Crippen LogP contribution in [0.5, 0.6) is 0 Å². The van der Waals surface area contributed by atoms with Gasteiger partial charge in [0.15, 0.2) is 0 Å². The molecular weight excluding hydrogens is 407 g/mol. The fraction of sp³-hybridized carbons (Fsp3) is 0.588. The van der Waals surface area contributed by atoms with E-state index in [1.807, 2.05) is 18.2 Å². The van der Waals surface area contributed by atoms with Crippen molar-refractivity contribution in [1.82, 2.24) is 0 Å². The van der Waals surface area contributed by atoms with Crippen LogP contribution in [0.1, 0.15) is 32.4 Å². The summed E-state index contributed by atoms with van der Waals surface area (Å²) in [4.78, 5) is 4.06. The van der Waals surface area contributed by atoms with E-state index in [0.29, 0.717) is 6.54 Å². The van der Waals surface area contributed by atoms with Crippen molar-refractivity contribution in [2.75, 3.05) is 39.3 Å². The molecule has 0 bridgehead atoms. The first-order valence-electron chi connectivity index (χ1n) is 7.76. The van der Waals surface area contributed by atoms with Gasteiger partial charge in [0.1, 0.15) is 12.6 Å². The SMILES string of the molecule is CC[N+](CC)(CC)CCOC(CN=C=S)c1ccccc1.[I-]. The summed E-state index contributed by atoms with van der Waals surface area (Å²) in [5.74, 6) is 0. The van der Waals surface area contributed by atoms with E-state index >= 15 is 0 Å². The maximum atomic E-state index is 6.10. The van der Waals surface area contributed by atoms with Crippen LogP contribution in [0.25, 0.3) is 0 Å². The van der Waals surface area contributed by atoms with Crippen LogP contribution >= 0.6 is 12.2 Å². The van der Waals surface area contributed by atoms with Gasteiger partial charge in [0.05, 0.1) is 37.9 Å². The molecule has 0 saturated heterocycles. The van der Waals surface area contributed by atoms with Crippen molar-refractivity contribution in [1.29, 1.82) is 0 Å². The van der Waals surface area contributed by atoms with Gasteiger partial charge in [-0.3, -0.25) is 0 Å². The summed E-state index contributed by atoms with van der Waals surface area (Å²) in [7, 11) is 0. The molecule has 0 aliphatic carbocycles. The molecule has 0 radical (unpaired) electrons. The van der Waals surface area contributed by atoms with Gasteiger partial charge in [0.2, 0.25) is 0 Å². The number of nitrogens with zero attached hydrogens (tertiary/aromatic N) is 2. The number of hydrogen-bond donors (Lipinski definition) is 0. The highest BCUT2D eigenvalue weighted by Crippen LogP contribution is 2.18. The Hall–Kier alpha value is -0.330. The Bertz CT molecular complexity index is 437. The highest BCUT2D eigenvalue weighted by Gasteiger charge is 2.21. The van der Waals surface area contributed by atoms with Crippen molar-refractivity contribution in [2.45, 2.75) is 26.9 Å². The van der Waals surface area contributed by atoms with Crippen LogP contribution in [0.15, 0.2) is 35.3 Å². The highest BCUT2D eigenvalue weighted by molar-refractivity contribution is 7.78. The molecule has 22 heavy (non-hydrogen) atoms. The fourth-order valence-electron chi connectivity index (χ4n) is 2.58. The second-order valence-electron chi connectivity index (χ2n) is 5.22. The molecule has 0 N–H and O–H groups in total. The standard InChI is InChI=1S/C17H27N2OS.HI/c1-4-19(5-2,6-3)12-13-20-17(14-18-15-21)16-10-8-7-9-11-16;/h7-11,17H,4-6,12-14H2,1-3H3;1H/q+1;/p-1. The third kappa shape index (κ3) is 6.84. The molecule has 0 saturated carbocycles. The summed E-state index contributed by atoms with van der Waals surface area (Å²) >= 11 is 4.67. The lowest BCUT2D eigenvalue weighted by atomic mass is 10.1.